The molecule has 1 heterocycles. The molecule has 0 unspecified atom stereocenters. The predicted molar refractivity (Wildman–Crippen MR) is 100 cm³/mol. The number of carbonyl (C=O) groups excluding carboxylic acids is 1. The first kappa shape index (κ1) is 20.5. The lowest BCUT2D eigenvalue weighted by Crippen LogP contribution is -2.49. The molecule has 1 aromatic carbocycles. The highest BCUT2D eigenvalue weighted by molar-refractivity contribution is 7.89. The van der Waals surface area contributed by atoms with E-state index < -0.39 is 10.0 Å². The molecular weight excluding hydrogens is 356 g/mol. The Morgan fingerprint density at radius 3 is 2.35 bits per heavy atom. The molecule has 2 rings (SSSR count). The van der Waals surface area contributed by atoms with E-state index in [1.807, 2.05) is 13.8 Å². The molecule has 0 saturated carbocycles. The number of rotatable bonds is 7. The van der Waals surface area contributed by atoms with Gasteiger partial charge in [0.2, 0.25) is 10.0 Å². The van der Waals surface area contributed by atoms with Crippen molar-refractivity contribution in [1.29, 1.82) is 0 Å². The number of carbonyl (C=O) groups is 1. The van der Waals surface area contributed by atoms with Crippen LogP contribution in [0.2, 0.25) is 0 Å². The summed E-state index contributed by atoms with van der Waals surface area (Å²) in [4.78, 5) is 12.3. The SMILES string of the molecule is COc1ccc(C(=O)NCCS(=O)(=O)N2[C@H](C)CCC[C@H]2C)cc1OC. The van der Waals surface area contributed by atoms with Crippen molar-refractivity contribution in [2.24, 2.45) is 0 Å². The minimum atomic E-state index is -3.41. The first-order valence-corrected chi connectivity index (χ1v) is 10.4. The monoisotopic (exact) mass is 384 g/mol. The van der Waals surface area contributed by atoms with Crippen molar-refractivity contribution < 1.29 is 22.7 Å². The summed E-state index contributed by atoms with van der Waals surface area (Å²) in [5, 5.41) is 2.67. The lowest BCUT2D eigenvalue weighted by molar-refractivity contribution is 0.0955. The molecular formula is C18H28N2O5S. The number of sulfonamides is 1. The molecule has 1 saturated heterocycles. The van der Waals surface area contributed by atoms with Gasteiger partial charge in [-0.3, -0.25) is 4.79 Å². The molecule has 1 N–H and O–H groups in total. The van der Waals surface area contributed by atoms with E-state index in [1.165, 1.54) is 14.2 Å². The molecule has 1 aromatic rings. The van der Waals surface area contributed by atoms with Crippen LogP contribution < -0.4 is 14.8 Å². The lowest BCUT2D eigenvalue weighted by Gasteiger charge is -2.37. The quantitative estimate of drug-likeness (QED) is 0.777. The summed E-state index contributed by atoms with van der Waals surface area (Å²) < 4.78 is 37.2. The van der Waals surface area contributed by atoms with Crippen LogP contribution in [0, 0.1) is 0 Å². The molecule has 1 amide bonds. The van der Waals surface area contributed by atoms with Gasteiger partial charge in [-0.05, 0) is 44.9 Å². The second kappa shape index (κ2) is 8.73. The second-order valence-electron chi connectivity index (χ2n) is 6.60. The van der Waals surface area contributed by atoms with Crippen molar-refractivity contribution in [3.8, 4) is 11.5 Å². The number of hydrogen-bond acceptors (Lipinski definition) is 5. The van der Waals surface area contributed by atoms with E-state index in [2.05, 4.69) is 5.32 Å². The summed E-state index contributed by atoms with van der Waals surface area (Å²) in [5.41, 5.74) is 0.389. The Bertz CT molecular complexity index is 725. The Balaban J connectivity index is 1.97. The Kier molecular flexibility index (Phi) is 6.88. The van der Waals surface area contributed by atoms with Gasteiger partial charge in [-0.2, -0.15) is 4.31 Å². The van der Waals surface area contributed by atoms with E-state index in [9.17, 15) is 13.2 Å². The van der Waals surface area contributed by atoms with E-state index in [1.54, 1.807) is 22.5 Å². The zero-order valence-corrected chi connectivity index (χ0v) is 16.6. The van der Waals surface area contributed by atoms with E-state index in [0.29, 0.717) is 17.1 Å². The third-order valence-electron chi connectivity index (χ3n) is 4.73. The van der Waals surface area contributed by atoms with Gasteiger partial charge in [0.1, 0.15) is 0 Å². The maximum atomic E-state index is 12.6. The number of hydrogen-bond donors (Lipinski definition) is 1. The smallest absolute Gasteiger partial charge is 0.251 e. The Labute approximate surface area is 155 Å². The topological polar surface area (TPSA) is 84.9 Å². The normalized spacial score (nSPS) is 21.2. The first-order chi connectivity index (χ1) is 12.3. The fourth-order valence-corrected chi connectivity index (χ4v) is 5.30. The maximum Gasteiger partial charge on any atom is 0.251 e. The van der Waals surface area contributed by atoms with E-state index in [0.717, 1.165) is 19.3 Å². The van der Waals surface area contributed by atoms with Gasteiger partial charge in [-0.15, -0.1) is 0 Å². The predicted octanol–water partition coefficient (Wildman–Crippen LogP) is 2.03. The standard InChI is InChI=1S/C18H28N2O5S/c1-13-6-5-7-14(2)20(13)26(22,23)11-10-19-18(21)15-8-9-16(24-3)17(12-15)25-4/h8-9,12-14H,5-7,10-11H2,1-4H3,(H,19,21)/t13-,14-/m1/s1. The molecule has 0 bridgehead atoms. The Hall–Kier alpha value is -1.80. The van der Waals surface area contributed by atoms with E-state index in [4.69, 9.17) is 9.47 Å². The highest BCUT2D eigenvalue weighted by Gasteiger charge is 2.34. The fourth-order valence-electron chi connectivity index (χ4n) is 3.42. The number of nitrogens with one attached hydrogen (secondary N) is 1. The second-order valence-corrected chi connectivity index (χ2v) is 8.59. The molecule has 1 aliphatic rings. The van der Waals surface area contributed by atoms with Crippen LogP contribution in [0.1, 0.15) is 43.5 Å². The summed E-state index contributed by atoms with van der Waals surface area (Å²) in [6.07, 6.45) is 2.80. The van der Waals surface area contributed by atoms with E-state index >= 15 is 0 Å². The van der Waals surface area contributed by atoms with Crippen molar-refractivity contribution in [2.45, 2.75) is 45.2 Å². The zero-order valence-electron chi connectivity index (χ0n) is 15.8. The number of amides is 1. The van der Waals surface area contributed by atoms with Gasteiger partial charge < -0.3 is 14.8 Å². The third kappa shape index (κ3) is 4.67. The van der Waals surface area contributed by atoms with Gasteiger partial charge in [0.05, 0.1) is 20.0 Å². The molecule has 2 atom stereocenters. The van der Waals surface area contributed by atoms with Gasteiger partial charge >= 0.3 is 0 Å². The highest BCUT2D eigenvalue weighted by Crippen LogP contribution is 2.28. The number of piperidine rings is 1. The minimum absolute atomic E-state index is 0.00491. The molecule has 0 aromatic heterocycles. The molecule has 26 heavy (non-hydrogen) atoms. The summed E-state index contributed by atoms with van der Waals surface area (Å²) in [5.74, 6) is 0.519. The molecule has 7 nitrogen and oxygen atoms in total. The van der Waals surface area contributed by atoms with Crippen LogP contribution in [0.15, 0.2) is 18.2 Å². The van der Waals surface area contributed by atoms with Crippen LogP contribution in [0.3, 0.4) is 0 Å². The van der Waals surface area contributed by atoms with Crippen LogP contribution in [0.25, 0.3) is 0 Å². The molecule has 1 fully saturated rings. The van der Waals surface area contributed by atoms with Gasteiger partial charge in [-0.25, -0.2) is 8.42 Å². The lowest BCUT2D eigenvalue weighted by atomic mass is 10.0. The van der Waals surface area contributed by atoms with Crippen LogP contribution in [-0.4, -0.2) is 57.2 Å². The Morgan fingerprint density at radius 2 is 1.77 bits per heavy atom. The summed E-state index contributed by atoms with van der Waals surface area (Å²) in [7, 11) is -0.397. The van der Waals surface area contributed by atoms with E-state index in [-0.39, 0.29) is 30.3 Å². The first-order valence-electron chi connectivity index (χ1n) is 8.81. The van der Waals surface area contributed by atoms with Crippen molar-refractivity contribution in [1.82, 2.24) is 9.62 Å². The fraction of sp³-hybridized carbons (Fsp3) is 0.611. The van der Waals surface area contributed by atoms with Crippen molar-refractivity contribution >= 4 is 15.9 Å². The van der Waals surface area contributed by atoms with Crippen molar-refractivity contribution in [3.63, 3.8) is 0 Å². The largest absolute Gasteiger partial charge is 0.493 e. The maximum absolute atomic E-state index is 12.6. The Morgan fingerprint density at radius 1 is 1.15 bits per heavy atom. The average Bonchev–Trinajstić information content (AvgIpc) is 2.60. The minimum Gasteiger partial charge on any atom is -0.493 e. The number of benzene rings is 1. The van der Waals surface area contributed by atoms with Gasteiger partial charge in [0, 0.05) is 24.2 Å². The van der Waals surface area contributed by atoms with Crippen molar-refractivity contribution in [3.05, 3.63) is 23.8 Å². The molecule has 0 aliphatic carbocycles. The average molecular weight is 384 g/mol. The summed E-state index contributed by atoms with van der Waals surface area (Å²) >= 11 is 0. The molecule has 146 valence electrons. The molecule has 0 spiro atoms. The summed E-state index contributed by atoms with van der Waals surface area (Å²) in [6, 6.07) is 4.83. The molecule has 8 heteroatoms. The van der Waals surface area contributed by atoms with Crippen LogP contribution in [0.4, 0.5) is 0 Å². The third-order valence-corrected chi connectivity index (χ3v) is 6.81. The van der Waals surface area contributed by atoms with Crippen molar-refractivity contribution in [2.75, 3.05) is 26.5 Å². The zero-order chi connectivity index (χ0) is 19.3. The van der Waals surface area contributed by atoms with Gasteiger partial charge in [-0.1, -0.05) is 6.42 Å². The number of ether oxygens (including phenoxy) is 2. The number of nitrogens with zero attached hydrogens (tertiary/aromatic N) is 1. The molecule has 1 aliphatic heterocycles. The van der Waals surface area contributed by atoms with Crippen LogP contribution in [-0.2, 0) is 10.0 Å². The highest BCUT2D eigenvalue weighted by atomic mass is 32.2. The molecule has 0 radical (unpaired) electrons. The van der Waals surface area contributed by atoms with Gasteiger partial charge in [0.15, 0.2) is 11.5 Å². The summed E-state index contributed by atoms with van der Waals surface area (Å²) in [6.45, 7) is 3.94. The van der Waals surface area contributed by atoms with Gasteiger partial charge in [0.25, 0.3) is 5.91 Å². The van der Waals surface area contributed by atoms with Crippen LogP contribution in [0.5, 0.6) is 11.5 Å². The number of methoxy groups -OCH3 is 2. The van der Waals surface area contributed by atoms with Crippen LogP contribution >= 0.6 is 0 Å².